The first-order chi connectivity index (χ1) is 9.66. The van der Waals surface area contributed by atoms with E-state index >= 15 is 0 Å². The summed E-state index contributed by atoms with van der Waals surface area (Å²) in [5.41, 5.74) is 5.64. The molecule has 1 saturated heterocycles. The van der Waals surface area contributed by atoms with Gasteiger partial charge in [0.15, 0.2) is 0 Å². The standard InChI is InChI=1S/C16H31N3O/c1-14-5-7-16(13-17,8-6-14)15(20)18-9-12-19-10-3-2-4-11-19/h14H,2-13,17H2,1H3,(H,18,20). The fraction of sp³-hybridized carbons (Fsp3) is 0.938. The Balaban J connectivity index is 1.74. The summed E-state index contributed by atoms with van der Waals surface area (Å²) in [5.74, 6) is 0.944. The summed E-state index contributed by atoms with van der Waals surface area (Å²) >= 11 is 0. The lowest BCUT2D eigenvalue weighted by Gasteiger charge is -2.37. The number of carbonyl (C=O) groups is 1. The van der Waals surface area contributed by atoms with Crippen molar-refractivity contribution in [2.75, 3.05) is 32.7 Å². The highest BCUT2D eigenvalue weighted by Gasteiger charge is 2.39. The second kappa shape index (κ2) is 7.41. The molecule has 0 unspecified atom stereocenters. The van der Waals surface area contributed by atoms with E-state index in [4.69, 9.17) is 5.73 Å². The number of rotatable bonds is 5. The van der Waals surface area contributed by atoms with Crippen LogP contribution in [0, 0.1) is 11.3 Å². The van der Waals surface area contributed by atoms with Gasteiger partial charge in [-0.3, -0.25) is 4.79 Å². The van der Waals surface area contributed by atoms with Crippen LogP contribution in [0.25, 0.3) is 0 Å². The van der Waals surface area contributed by atoms with Crippen molar-refractivity contribution in [3.8, 4) is 0 Å². The van der Waals surface area contributed by atoms with Crippen LogP contribution in [0.2, 0.25) is 0 Å². The number of likely N-dealkylation sites (tertiary alicyclic amines) is 1. The average Bonchev–Trinajstić information content (AvgIpc) is 2.49. The quantitative estimate of drug-likeness (QED) is 0.807. The lowest BCUT2D eigenvalue weighted by Crippen LogP contribution is -2.49. The fourth-order valence-corrected chi connectivity index (χ4v) is 3.54. The van der Waals surface area contributed by atoms with E-state index in [0.29, 0.717) is 6.54 Å². The van der Waals surface area contributed by atoms with E-state index in [1.165, 1.54) is 32.4 Å². The van der Waals surface area contributed by atoms with E-state index in [1.54, 1.807) is 0 Å². The number of nitrogens with zero attached hydrogens (tertiary/aromatic N) is 1. The summed E-state index contributed by atoms with van der Waals surface area (Å²) in [6.45, 7) is 6.91. The van der Waals surface area contributed by atoms with Gasteiger partial charge in [0, 0.05) is 19.6 Å². The summed E-state index contributed by atoms with van der Waals surface area (Å²) < 4.78 is 0. The zero-order chi connectivity index (χ0) is 14.4. The van der Waals surface area contributed by atoms with Crippen LogP contribution in [0.15, 0.2) is 0 Å². The molecule has 0 aromatic rings. The smallest absolute Gasteiger partial charge is 0.227 e. The first-order valence-electron chi connectivity index (χ1n) is 8.37. The van der Waals surface area contributed by atoms with Gasteiger partial charge < -0.3 is 16.0 Å². The van der Waals surface area contributed by atoms with Crippen molar-refractivity contribution >= 4 is 5.91 Å². The molecule has 3 N–H and O–H groups in total. The SMILES string of the molecule is CC1CCC(CN)(C(=O)NCCN2CCCCC2)CC1. The predicted molar refractivity (Wildman–Crippen MR) is 82.4 cm³/mol. The average molecular weight is 281 g/mol. The fourth-order valence-electron chi connectivity index (χ4n) is 3.54. The second-order valence-electron chi connectivity index (χ2n) is 6.83. The number of nitrogens with one attached hydrogen (secondary N) is 1. The van der Waals surface area contributed by atoms with E-state index in [2.05, 4.69) is 17.1 Å². The maximum Gasteiger partial charge on any atom is 0.227 e. The Bertz CT molecular complexity index is 305. The molecule has 0 spiro atoms. The molecule has 2 fully saturated rings. The molecule has 2 aliphatic rings. The Morgan fingerprint density at radius 3 is 2.50 bits per heavy atom. The molecule has 2 rings (SSSR count). The van der Waals surface area contributed by atoms with Gasteiger partial charge in [0.25, 0.3) is 0 Å². The molecular weight excluding hydrogens is 250 g/mol. The lowest BCUT2D eigenvalue weighted by atomic mass is 9.70. The predicted octanol–water partition coefficient (Wildman–Crippen LogP) is 1.74. The summed E-state index contributed by atoms with van der Waals surface area (Å²) in [6.07, 6.45) is 8.16. The minimum Gasteiger partial charge on any atom is -0.354 e. The summed E-state index contributed by atoms with van der Waals surface area (Å²) in [4.78, 5) is 14.9. The topological polar surface area (TPSA) is 58.4 Å². The normalized spacial score (nSPS) is 32.0. The van der Waals surface area contributed by atoms with Gasteiger partial charge in [0.05, 0.1) is 5.41 Å². The highest BCUT2D eigenvalue weighted by Crippen LogP contribution is 2.38. The molecule has 4 nitrogen and oxygen atoms in total. The van der Waals surface area contributed by atoms with E-state index in [9.17, 15) is 4.79 Å². The Kier molecular flexibility index (Phi) is 5.85. The largest absolute Gasteiger partial charge is 0.354 e. The number of nitrogens with two attached hydrogens (primary N) is 1. The van der Waals surface area contributed by atoms with Gasteiger partial charge in [-0.15, -0.1) is 0 Å². The van der Waals surface area contributed by atoms with E-state index in [0.717, 1.165) is 44.7 Å². The summed E-state index contributed by atoms with van der Waals surface area (Å²) in [5, 5.41) is 3.15. The van der Waals surface area contributed by atoms with Crippen molar-refractivity contribution in [1.29, 1.82) is 0 Å². The second-order valence-corrected chi connectivity index (χ2v) is 6.83. The highest BCUT2D eigenvalue weighted by molar-refractivity contribution is 5.83. The Morgan fingerprint density at radius 2 is 1.90 bits per heavy atom. The minimum absolute atomic E-state index is 0.198. The van der Waals surface area contributed by atoms with E-state index in [1.807, 2.05) is 0 Å². The summed E-state index contributed by atoms with van der Waals surface area (Å²) in [6, 6.07) is 0. The van der Waals surface area contributed by atoms with E-state index in [-0.39, 0.29) is 11.3 Å². The van der Waals surface area contributed by atoms with E-state index < -0.39 is 0 Å². The van der Waals surface area contributed by atoms with Crippen LogP contribution in [0.3, 0.4) is 0 Å². The maximum atomic E-state index is 12.5. The molecular formula is C16H31N3O. The first-order valence-corrected chi connectivity index (χ1v) is 8.37. The molecule has 1 saturated carbocycles. The van der Waals surface area contributed by atoms with Crippen molar-refractivity contribution in [3.63, 3.8) is 0 Å². The molecule has 0 bridgehead atoms. The van der Waals surface area contributed by atoms with Crippen LogP contribution >= 0.6 is 0 Å². The van der Waals surface area contributed by atoms with Gasteiger partial charge in [-0.2, -0.15) is 0 Å². The van der Waals surface area contributed by atoms with Crippen LogP contribution < -0.4 is 11.1 Å². The van der Waals surface area contributed by atoms with Gasteiger partial charge >= 0.3 is 0 Å². The van der Waals surface area contributed by atoms with Crippen molar-refractivity contribution in [2.45, 2.75) is 51.9 Å². The molecule has 0 aromatic carbocycles. The maximum absolute atomic E-state index is 12.5. The molecule has 1 aliphatic heterocycles. The van der Waals surface area contributed by atoms with Gasteiger partial charge in [-0.1, -0.05) is 13.3 Å². The van der Waals surface area contributed by atoms with Gasteiger partial charge in [0.2, 0.25) is 5.91 Å². The molecule has 20 heavy (non-hydrogen) atoms. The van der Waals surface area contributed by atoms with Crippen LogP contribution in [-0.2, 0) is 4.79 Å². The van der Waals surface area contributed by atoms with Gasteiger partial charge in [0.1, 0.15) is 0 Å². The zero-order valence-electron chi connectivity index (χ0n) is 13.0. The van der Waals surface area contributed by atoms with Gasteiger partial charge in [-0.25, -0.2) is 0 Å². The Labute approximate surface area is 123 Å². The molecule has 1 heterocycles. The summed E-state index contributed by atoms with van der Waals surface area (Å²) in [7, 11) is 0. The van der Waals surface area contributed by atoms with Crippen LogP contribution in [0.4, 0.5) is 0 Å². The highest BCUT2D eigenvalue weighted by atomic mass is 16.2. The Hall–Kier alpha value is -0.610. The van der Waals surface area contributed by atoms with Crippen LogP contribution in [0.5, 0.6) is 0 Å². The van der Waals surface area contributed by atoms with Crippen LogP contribution in [0.1, 0.15) is 51.9 Å². The monoisotopic (exact) mass is 281 g/mol. The van der Waals surface area contributed by atoms with Crippen molar-refractivity contribution < 1.29 is 4.79 Å². The number of piperidine rings is 1. The molecule has 0 atom stereocenters. The van der Waals surface area contributed by atoms with Crippen molar-refractivity contribution in [3.05, 3.63) is 0 Å². The zero-order valence-corrected chi connectivity index (χ0v) is 13.0. The third-order valence-corrected chi connectivity index (χ3v) is 5.27. The number of amides is 1. The first kappa shape index (κ1) is 15.8. The third-order valence-electron chi connectivity index (χ3n) is 5.27. The Morgan fingerprint density at radius 1 is 1.25 bits per heavy atom. The van der Waals surface area contributed by atoms with Gasteiger partial charge in [-0.05, 0) is 57.5 Å². The number of hydrogen-bond acceptors (Lipinski definition) is 3. The number of hydrogen-bond donors (Lipinski definition) is 2. The molecule has 116 valence electrons. The minimum atomic E-state index is -0.283. The van der Waals surface area contributed by atoms with Crippen molar-refractivity contribution in [1.82, 2.24) is 10.2 Å². The molecule has 4 heteroatoms. The van der Waals surface area contributed by atoms with Crippen LogP contribution in [-0.4, -0.2) is 43.5 Å². The number of carbonyl (C=O) groups excluding carboxylic acids is 1. The molecule has 1 aliphatic carbocycles. The van der Waals surface area contributed by atoms with Crippen molar-refractivity contribution in [2.24, 2.45) is 17.1 Å². The third kappa shape index (κ3) is 3.95. The lowest BCUT2D eigenvalue weighted by molar-refractivity contribution is -0.132. The molecule has 1 amide bonds. The molecule has 0 aromatic heterocycles. The molecule has 0 radical (unpaired) electrons.